The van der Waals surface area contributed by atoms with E-state index in [0.29, 0.717) is 35.2 Å². The normalized spacial score (nSPS) is 12.2. The fourth-order valence-electron chi connectivity index (χ4n) is 2.17. The fourth-order valence-corrected chi connectivity index (χ4v) is 2.36. The molecule has 1 atom stereocenters. The minimum absolute atomic E-state index is 0.246. The predicted octanol–water partition coefficient (Wildman–Crippen LogP) is 2.17. The molecule has 0 bridgehead atoms. The summed E-state index contributed by atoms with van der Waals surface area (Å²) in [6.45, 7) is 2.38. The Morgan fingerprint density at radius 3 is 3.00 bits per heavy atom. The molecule has 1 amide bonds. The zero-order valence-corrected chi connectivity index (χ0v) is 13.9. The number of aromatic amines is 1. The van der Waals surface area contributed by atoms with Crippen LogP contribution in [0.25, 0.3) is 11.4 Å². The summed E-state index contributed by atoms with van der Waals surface area (Å²) in [6.07, 6.45) is -0.174. The molecule has 0 saturated heterocycles. The van der Waals surface area contributed by atoms with E-state index in [9.17, 15) is 9.90 Å². The Labute approximate surface area is 139 Å². The highest BCUT2D eigenvalue weighted by molar-refractivity contribution is 6.30. The van der Waals surface area contributed by atoms with Crippen molar-refractivity contribution in [2.75, 3.05) is 20.3 Å². The highest BCUT2D eigenvalue weighted by atomic mass is 35.5. The summed E-state index contributed by atoms with van der Waals surface area (Å²) in [7, 11) is 1.52. The van der Waals surface area contributed by atoms with Gasteiger partial charge in [0.15, 0.2) is 0 Å². The standard InChI is InChI=1S/C16H20ClN3O3/c1-10-14(16(22)18-7-6-13(21)9-23-2)20-15(19-10)11-4-3-5-12(17)8-11/h3-5,8,13,21H,6-7,9H2,1-2H3,(H,18,22)(H,19,20). The van der Waals surface area contributed by atoms with Crippen molar-refractivity contribution >= 4 is 17.5 Å². The molecule has 2 rings (SSSR count). The lowest BCUT2D eigenvalue weighted by Crippen LogP contribution is -2.29. The Balaban J connectivity index is 2.02. The Kier molecular flexibility index (Phi) is 6.15. The summed E-state index contributed by atoms with van der Waals surface area (Å²) >= 11 is 5.97. The van der Waals surface area contributed by atoms with Crippen LogP contribution in [0.2, 0.25) is 5.02 Å². The number of carbonyl (C=O) groups excluding carboxylic acids is 1. The van der Waals surface area contributed by atoms with Crippen molar-refractivity contribution in [3.05, 3.63) is 40.7 Å². The average Bonchev–Trinajstić information content (AvgIpc) is 2.89. The number of H-pyrrole nitrogens is 1. The monoisotopic (exact) mass is 337 g/mol. The van der Waals surface area contributed by atoms with Gasteiger partial charge in [0, 0.05) is 29.9 Å². The summed E-state index contributed by atoms with van der Waals surface area (Å²) in [5.41, 5.74) is 1.83. The fraction of sp³-hybridized carbons (Fsp3) is 0.375. The van der Waals surface area contributed by atoms with E-state index in [1.807, 2.05) is 12.1 Å². The third-order valence-electron chi connectivity index (χ3n) is 3.32. The van der Waals surface area contributed by atoms with Gasteiger partial charge in [-0.3, -0.25) is 4.79 Å². The molecule has 2 aromatic rings. The number of halogens is 1. The van der Waals surface area contributed by atoms with Crippen LogP contribution in [0.3, 0.4) is 0 Å². The van der Waals surface area contributed by atoms with Gasteiger partial charge >= 0.3 is 0 Å². The molecule has 0 aliphatic rings. The maximum Gasteiger partial charge on any atom is 0.271 e. The molecule has 23 heavy (non-hydrogen) atoms. The smallest absolute Gasteiger partial charge is 0.271 e. The van der Waals surface area contributed by atoms with E-state index in [1.54, 1.807) is 19.1 Å². The minimum Gasteiger partial charge on any atom is -0.391 e. The van der Waals surface area contributed by atoms with Gasteiger partial charge in [-0.25, -0.2) is 4.98 Å². The molecule has 0 aliphatic carbocycles. The van der Waals surface area contributed by atoms with Gasteiger partial charge in [0.2, 0.25) is 0 Å². The van der Waals surface area contributed by atoms with Crippen molar-refractivity contribution in [1.29, 1.82) is 0 Å². The largest absolute Gasteiger partial charge is 0.391 e. The summed E-state index contributed by atoms with van der Waals surface area (Å²) in [4.78, 5) is 19.6. The molecular weight excluding hydrogens is 318 g/mol. The summed E-state index contributed by atoms with van der Waals surface area (Å²) in [6, 6.07) is 7.25. The van der Waals surface area contributed by atoms with E-state index >= 15 is 0 Å². The SMILES string of the molecule is COCC(O)CCNC(=O)c1nc(-c2cccc(Cl)c2)[nH]c1C. The highest BCUT2D eigenvalue weighted by Crippen LogP contribution is 2.21. The number of hydrogen-bond donors (Lipinski definition) is 3. The van der Waals surface area contributed by atoms with Crippen LogP contribution < -0.4 is 5.32 Å². The quantitative estimate of drug-likeness (QED) is 0.722. The first-order chi connectivity index (χ1) is 11.0. The number of nitrogens with one attached hydrogen (secondary N) is 2. The van der Waals surface area contributed by atoms with Gasteiger partial charge < -0.3 is 20.1 Å². The minimum atomic E-state index is -0.595. The number of aliphatic hydroxyl groups is 1. The molecule has 124 valence electrons. The molecule has 0 aliphatic heterocycles. The Bertz CT molecular complexity index is 672. The van der Waals surface area contributed by atoms with Crippen LogP contribution in [0.15, 0.2) is 24.3 Å². The molecule has 0 fully saturated rings. The summed E-state index contributed by atoms with van der Waals surface area (Å²) < 4.78 is 4.84. The van der Waals surface area contributed by atoms with E-state index in [1.165, 1.54) is 7.11 Å². The van der Waals surface area contributed by atoms with E-state index in [-0.39, 0.29) is 12.5 Å². The molecule has 1 unspecified atom stereocenters. The molecule has 1 heterocycles. The number of carbonyl (C=O) groups is 1. The van der Waals surface area contributed by atoms with Crippen LogP contribution >= 0.6 is 11.6 Å². The van der Waals surface area contributed by atoms with Gasteiger partial charge in [-0.1, -0.05) is 23.7 Å². The van der Waals surface area contributed by atoms with Crippen LogP contribution in [0, 0.1) is 6.92 Å². The second-order valence-corrected chi connectivity index (χ2v) is 5.66. The van der Waals surface area contributed by atoms with E-state index in [0.717, 1.165) is 5.56 Å². The Morgan fingerprint density at radius 1 is 1.52 bits per heavy atom. The van der Waals surface area contributed by atoms with E-state index in [2.05, 4.69) is 15.3 Å². The van der Waals surface area contributed by atoms with Gasteiger partial charge in [0.05, 0.1) is 12.7 Å². The number of aromatic nitrogens is 2. The lowest BCUT2D eigenvalue weighted by Gasteiger charge is -2.09. The van der Waals surface area contributed by atoms with Crippen molar-refractivity contribution in [2.45, 2.75) is 19.4 Å². The number of imidazole rings is 1. The van der Waals surface area contributed by atoms with E-state index < -0.39 is 6.10 Å². The van der Waals surface area contributed by atoms with E-state index in [4.69, 9.17) is 16.3 Å². The van der Waals surface area contributed by atoms with Gasteiger partial charge in [0.1, 0.15) is 11.5 Å². The number of rotatable bonds is 7. The zero-order valence-electron chi connectivity index (χ0n) is 13.1. The van der Waals surface area contributed by atoms with Crippen molar-refractivity contribution in [1.82, 2.24) is 15.3 Å². The van der Waals surface area contributed by atoms with Crippen molar-refractivity contribution < 1.29 is 14.6 Å². The predicted molar refractivity (Wildman–Crippen MR) is 88.6 cm³/mol. The average molecular weight is 338 g/mol. The second kappa shape index (κ2) is 8.10. The number of aryl methyl sites for hydroxylation is 1. The third kappa shape index (κ3) is 4.79. The summed E-state index contributed by atoms with van der Waals surface area (Å²) in [5, 5.41) is 12.9. The van der Waals surface area contributed by atoms with Crippen LogP contribution in [0.4, 0.5) is 0 Å². The van der Waals surface area contributed by atoms with Crippen LogP contribution in [0.1, 0.15) is 22.6 Å². The maximum absolute atomic E-state index is 12.2. The van der Waals surface area contributed by atoms with Crippen LogP contribution in [-0.2, 0) is 4.74 Å². The molecule has 6 nitrogen and oxygen atoms in total. The molecule has 0 radical (unpaired) electrons. The number of benzene rings is 1. The first kappa shape index (κ1) is 17.5. The van der Waals surface area contributed by atoms with Crippen LogP contribution in [0.5, 0.6) is 0 Å². The molecule has 0 saturated carbocycles. The first-order valence-electron chi connectivity index (χ1n) is 7.29. The number of ether oxygens (including phenoxy) is 1. The van der Waals surface area contributed by atoms with Gasteiger partial charge in [-0.15, -0.1) is 0 Å². The molecule has 7 heteroatoms. The number of aliphatic hydroxyl groups excluding tert-OH is 1. The molecular formula is C16H20ClN3O3. The summed E-state index contributed by atoms with van der Waals surface area (Å²) in [5.74, 6) is 0.311. The second-order valence-electron chi connectivity index (χ2n) is 5.22. The number of amides is 1. The lowest BCUT2D eigenvalue weighted by atomic mass is 10.2. The lowest BCUT2D eigenvalue weighted by molar-refractivity contribution is 0.0587. The molecule has 1 aromatic carbocycles. The van der Waals surface area contributed by atoms with Crippen molar-refractivity contribution in [3.63, 3.8) is 0 Å². The van der Waals surface area contributed by atoms with Gasteiger partial charge in [-0.05, 0) is 25.5 Å². The Morgan fingerprint density at radius 2 is 2.30 bits per heavy atom. The topological polar surface area (TPSA) is 87.2 Å². The highest BCUT2D eigenvalue weighted by Gasteiger charge is 2.16. The number of nitrogens with zero attached hydrogens (tertiary/aromatic N) is 1. The van der Waals surface area contributed by atoms with Gasteiger partial charge in [-0.2, -0.15) is 0 Å². The molecule has 0 spiro atoms. The van der Waals surface area contributed by atoms with Crippen molar-refractivity contribution in [3.8, 4) is 11.4 Å². The number of methoxy groups -OCH3 is 1. The number of hydrogen-bond acceptors (Lipinski definition) is 4. The molecule has 1 aromatic heterocycles. The third-order valence-corrected chi connectivity index (χ3v) is 3.56. The molecule has 3 N–H and O–H groups in total. The first-order valence-corrected chi connectivity index (χ1v) is 7.66. The maximum atomic E-state index is 12.2. The zero-order chi connectivity index (χ0) is 16.8. The Hall–Kier alpha value is -1.89. The van der Waals surface area contributed by atoms with Gasteiger partial charge in [0.25, 0.3) is 5.91 Å². The van der Waals surface area contributed by atoms with Crippen molar-refractivity contribution in [2.24, 2.45) is 0 Å². The van der Waals surface area contributed by atoms with Crippen LogP contribution in [-0.4, -0.2) is 47.3 Å².